The van der Waals surface area contributed by atoms with Crippen molar-refractivity contribution in [1.29, 1.82) is 0 Å². The first kappa shape index (κ1) is 16.1. The summed E-state index contributed by atoms with van der Waals surface area (Å²) in [4.78, 5) is 12.8. The SMILES string of the molecule is CC.CC(=O)CN1CCCC1.CCC. The van der Waals surface area contributed by atoms with Gasteiger partial charge in [0.25, 0.3) is 0 Å². The molecule has 1 heterocycles. The van der Waals surface area contributed by atoms with Gasteiger partial charge in [0.2, 0.25) is 0 Å². The summed E-state index contributed by atoms with van der Waals surface area (Å²) in [6.45, 7) is 12.8. The third-order valence-electron chi connectivity index (χ3n) is 1.64. The van der Waals surface area contributed by atoms with Gasteiger partial charge in [-0.1, -0.05) is 34.1 Å². The number of ketones is 1. The van der Waals surface area contributed by atoms with E-state index in [9.17, 15) is 4.79 Å². The second kappa shape index (κ2) is 12.6. The van der Waals surface area contributed by atoms with E-state index in [1.54, 1.807) is 6.92 Å². The van der Waals surface area contributed by atoms with Gasteiger partial charge < -0.3 is 0 Å². The van der Waals surface area contributed by atoms with Crippen LogP contribution in [0.5, 0.6) is 0 Å². The molecule has 1 fully saturated rings. The molecular weight excluding hydrogens is 174 g/mol. The minimum Gasteiger partial charge on any atom is -0.299 e. The van der Waals surface area contributed by atoms with Crippen LogP contribution in [0.3, 0.4) is 0 Å². The van der Waals surface area contributed by atoms with Crippen LogP contribution in [0.15, 0.2) is 0 Å². The second-order valence-electron chi connectivity index (χ2n) is 3.39. The molecule has 0 N–H and O–H groups in total. The van der Waals surface area contributed by atoms with Gasteiger partial charge in [-0.25, -0.2) is 0 Å². The molecule has 0 unspecified atom stereocenters. The van der Waals surface area contributed by atoms with Gasteiger partial charge in [-0.3, -0.25) is 9.69 Å². The Balaban J connectivity index is 0. The minimum absolute atomic E-state index is 0.289. The van der Waals surface area contributed by atoms with Crippen LogP contribution in [0, 0.1) is 0 Å². The van der Waals surface area contributed by atoms with E-state index >= 15 is 0 Å². The van der Waals surface area contributed by atoms with Gasteiger partial charge in [0, 0.05) is 0 Å². The maximum absolute atomic E-state index is 10.6. The van der Waals surface area contributed by atoms with Gasteiger partial charge in [-0.05, 0) is 32.9 Å². The van der Waals surface area contributed by atoms with Crippen molar-refractivity contribution in [3.05, 3.63) is 0 Å². The van der Waals surface area contributed by atoms with Crippen molar-refractivity contribution in [2.24, 2.45) is 0 Å². The van der Waals surface area contributed by atoms with Gasteiger partial charge in [0.05, 0.1) is 6.54 Å². The summed E-state index contributed by atoms with van der Waals surface area (Å²) < 4.78 is 0. The summed E-state index contributed by atoms with van der Waals surface area (Å²) in [6.07, 6.45) is 3.79. The molecular formula is C12H27NO. The fourth-order valence-corrected chi connectivity index (χ4v) is 1.26. The fraction of sp³-hybridized carbons (Fsp3) is 0.917. The molecule has 0 spiro atoms. The van der Waals surface area contributed by atoms with Crippen LogP contribution in [0.4, 0.5) is 0 Å². The largest absolute Gasteiger partial charge is 0.299 e. The zero-order valence-electron chi connectivity index (χ0n) is 10.6. The highest BCUT2D eigenvalue weighted by Crippen LogP contribution is 2.05. The Hall–Kier alpha value is -0.370. The van der Waals surface area contributed by atoms with Gasteiger partial charge in [-0.2, -0.15) is 0 Å². The van der Waals surface area contributed by atoms with Crippen molar-refractivity contribution in [3.8, 4) is 0 Å². The highest BCUT2D eigenvalue weighted by Gasteiger charge is 2.11. The smallest absolute Gasteiger partial charge is 0.143 e. The minimum atomic E-state index is 0.289. The lowest BCUT2D eigenvalue weighted by atomic mass is 10.4. The maximum Gasteiger partial charge on any atom is 0.143 e. The highest BCUT2D eigenvalue weighted by molar-refractivity contribution is 5.77. The van der Waals surface area contributed by atoms with Crippen molar-refractivity contribution in [2.75, 3.05) is 19.6 Å². The Bertz CT molecular complexity index is 117. The topological polar surface area (TPSA) is 20.3 Å². The number of hydrogen-bond acceptors (Lipinski definition) is 2. The second-order valence-corrected chi connectivity index (χ2v) is 3.39. The fourth-order valence-electron chi connectivity index (χ4n) is 1.26. The molecule has 1 aliphatic rings. The van der Waals surface area contributed by atoms with Gasteiger partial charge in [0.1, 0.15) is 5.78 Å². The van der Waals surface area contributed by atoms with Crippen LogP contribution >= 0.6 is 0 Å². The number of carbonyl (C=O) groups is 1. The Labute approximate surface area is 89.7 Å². The average molecular weight is 201 g/mol. The van der Waals surface area contributed by atoms with Crippen LogP contribution in [-0.4, -0.2) is 30.3 Å². The summed E-state index contributed by atoms with van der Waals surface area (Å²) >= 11 is 0. The molecule has 0 bridgehead atoms. The quantitative estimate of drug-likeness (QED) is 0.684. The molecule has 14 heavy (non-hydrogen) atoms. The van der Waals surface area contributed by atoms with E-state index in [1.807, 2.05) is 13.8 Å². The lowest BCUT2D eigenvalue weighted by Gasteiger charge is -2.10. The van der Waals surface area contributed by atoms with Gasteiger partial charge in [0.15, 0.2) is 0 Å². The Morgan fingerprint density at radius 1 is 1.14 bits per heavy atom. The standard InChI is InChI=1S/C7H13NO.C3H8.C2H6/c1-7(9)6-8-4-2-3-5-8;1-3-2;1-2/h2-6H2,1H3;3H2,1-2H3;1-2H3. The van der Waals surface area contributed by atoms with E-state index in [0.717, 1.165) is 13.1 Å². The number of hydrogen-bond donors (Lipinski definition) is 0. The molecule has 86 valence electrons. The Morgan fingerprint density at radius 2 is 1.50 bits per heavy atom. The third kappa shape index (κ3) is 11.6. The normalized spacial score (nSPS) is 14.9. The number of rotatable bonds is 2. The molecule has 2 nitrogen and oxygen atoms in total. The van der Waals surface area contributed by atoms with E-state index < -0.39 is 0 Å². The summed E-state index contributed by atoms with van der Waals surface area (Å²) in [7, 11) is 0. The van der Waals surface area contributed by atoms with Crippen molar-refractivity contribution >= 4 is 5.78 Å². The van der Waals surface area contributed by atoms with E-state index in [0.29, 0.717) is 6.54 Å². The summed E-state index contributed by atoms with van der Waals surface area (Å²) in [5, 5.41) is 0. The van der Waals surface area contributed by atoms with E-state index in [-0.39, 0.29) is 5.78 Å². The van der Waals surface area contributed by atoms with Gasteiger partial charge >= 0.3 is 0 Å². The zero-order chi connectivity index (χ0) is 11.4. The molecule has 1 aliphatic heterocycles. The number of nitrogens with zero attached hydrogens (tertiary/aromatic N) is 1. The summed E-state index contributed by atoms with van der Waals surface area (Å²) in [5.41, 5.74) is 0. The van der Waals surface area contributed by atoms with E-state index in [1.165, 1.54) is 19.3 Å². The van der Waals surface area contributed by atoms with Crippen LogP contribution in [0.2, 0.25) is 0 Å². The molecule has 1 rings (SSSR count). The summed E-state index contributed by atoms with van der Waals surface area (Å²) in [6, 6.07) is 0. The third-order valence-corrected chi connectivity index (χ3v) is 1.64. The maximum atomic E-state index is 10.6. The molecule has 0 aliphatic carbocycles. The monoisotopic (exact) mass is 201 g/mol. The molecule has 0 radical (unpaired) electrons. The van der Waals surface area contributed by atoms with E-state index in [4.69, 9.17) is 0 Å². The van der Waals surface area contributed by atoms with Crippen molar-refractivity contribution in [2.45, 2.75) is 53.9 Å². The highest BCUT2D eigenvalue weighted by atomic mass is 16.1. The van der Waals surface area contributed by atoms with Crippen LogP contribution in [0.25, 0.3) is 0 Å². The van der Waals surface area contributed by atoms with Crippen molar-refractivity contribution in [1.82, 2.24) is 4.90 Å². The Morgan fingerprint density at radius 3 is 1.79 bits per heavy atom. The lowest BCUT2D eigenvalue weighted by molar-refractivity contribution is -0.117. The Kier molecular flexibility index (Phi) is 14.5. The molecule has 0 saturated carbocycles. The molecule has 0 amide bonds. The number of carbonyl (C=O) groups excluding carboxylic acids is 1. The molecule has 0 atom stereocenters. The molecule has 1 saturated heterocycles. The first-order chi connectivity index (χ1) is 6.70. The van der Waals surface area contributed by atoms with E-state index in [2.05, 4.69) is 18.7 Å². The predicted octanol–water partition coefficient (Wildman–Crippen LogP) is 3.11. The number of likely N-dealkylation sites (tertiary alicyclic amines) is 1. The average Bonchev–Trinajstić information content (AvgIpc) is 2.61. The lowest BCUT2D eigenvalue weighted by Crippen LogP contribution is -2.24. The number of Topliss-reactive ketones (excluding diaryl/α,β-unsaturated/α-hetero) is 1. The first-order valence-electron chi connectivity index (χ1n) is 5.92. The van der Waals surface area contributed by atoms with Crippen LogP contribution in [0.1, 0.15) is 53.9 Å². The predicted molar refractivity (Wildman–Crippen MR) is 63.7 cm³/mol. The van der Waals surface area contributed by atoms with Crippen LogP contribution < -0.4 is 0 Å². The molecule has 0 aromatic rings. The first-order valence-corrected chi connectivity index (χ1v) is 5.92. The molecule has 0 aromatic heterocycles. The van der Waals surface area contributed by atoms with Crippen molar-refractivity contribution in [3.63, 3.8) is 0 Å². The summed E-state index contributed by atoms with van der Waals surface area (Å²) in [5.74, 6) is 0.289. The zero-order valence-corrected chi connectivity index (χ0v) is 10.6. The van der Waals surface area contributed by atoms with Crippen molar-refractivity contribution < 1.29 is 4.79 Å². The molecule has 2 heteroatoms. The van der Waals surface area contributed by atoms with Gasteiger partial charge in [-0.15, -0.1) is 0 Å². The molecule has 0 aromatic carbocycles. The van der Waals surface area contributed by atoms with Crippen LogP contribution in [-0.2, 0) is 4.79 Å².